The van der Waals surface area contributed by atoms with Gasteiger partial charge in [-0.1, -0.05) is 31.2 Å². The molecule has 0 radical (unpaired) electrons. The third kappa shape index (κ3) is 4.90. The van der Waals surface area contributed by atoms with Crippen molar-refractivity contribution in [2.24, 2.45) is 0 Å². The van der Waals surface area contributed by atoms with Gasteiger partial charge in [0.05, 0.1) is 6.10 Å². The van der Waals surface area contributed by atoms with Gasteiger partial charge < -0.3 is 9.64 Å². The maximum atomic E-state index is 12.5. The van der Waals surface area contributed by atoms with Crippen LogP contribution in [0.3, 0.4) is 0 Å². The first-order valence-electron chi connectivity index (χ1n) is 10.2. The summed E-state index contributed by atoms with van der Waals surface area (Å²) in [6.45, 7) is 8.60. The second-order valence-corrected chi connectivity index (χ2v) is 7.81. The van der Waals surface area contributed by atoms with Gasteiger partial charge in [0.25, 0.3) is 0 Å². The second-order valence-electron chi connectivity index (χ2n) is 7.81. The summed E-state index contributed by atoms with van der Waals surface area (Å²) in [6.07, 6.45) is 3.72. The van der Waals surface area contributed by atoms with Crippen LogP contribution in [0.5, 0.6) is 0 Å². The van der Waals surface area contributed by atoms with Crippen molar-refractivity contribution in [1.29, 1.82) is 0 Å². The Labute approximate surface area is 168 Å². The zero-order valence-corrected chi connectivity index (χ0v) is 17.4. The van der Waals surface area contributed by atoms with E-state index in [0.29, 0.717) is 11.6 Å². The van der Waals surface area contributed by atoms with E-state index in [1.54, 1.807) is 18.3 Å². The maximum Gasteiger partial charge on any atom is 0.342 e. The minimum Gasteiger partial charge on any atom is -0.459 e. The smallest absolute Gasteiger partial charge is 0.342 e. The van der Waals surface area contributed by atoms with Crippen molar-refractivity contribution in [1.82, 2.24) is 9.88 Å². The van der Waals surface area contributed by atoms with Gasteiger partial charge in [0.1, 0.15) is 11.4 Å². The molecular formula is C23H31N3O2. The summed E-state index contributed by atoms with van der Waals surface area (Å²) >= 11 is 0. The normalized spacial score (nSPS) is 16.8. The van der Waals surface area contributed by atoms with E-state index >= 15 is 0 Å². The SMILES string of the molecule is CCc1cccc(CN(C)C2CCN(c3ncccc3C(=O)OC(C)C)C2)c1. The molecule has 150 valence electrons. The number of anilines is 1. The molecule has 5 nitrogen and oxygen atoms in total. The number of hydrogen-bond donors (Lipinski definition) is 0. The fraction of sp³-hybridized carbons (Fsp3) is 0.478. The summed E-state index contributed by atoms with van der Waals surface area (Å²) in [7, 11) is 2.18. The van der Waals surface area contributed by atoms with Crippen LogP contribution in [0.25, 0.3) is 0 Å². The number of aryl methyl sites for hydroxylation is 1. The zero-order chi connectivity index (χ0) is 20.1. The minimum absolute atomic E-state index is 0.142. The van der Waals surface area contributed by atoms with Crippen molar-refractivity contribution in [3.8, 4) is 0 Å². The van der Waals surface area contributed by atoms with Crippen LogP contribution in [0.15, 0.2) is 42.6 Å². The largest absolute Gasteiger partial charge is 0.459 e. The summed E-state index contributed by atoms with van der Waals surface area (Å²) in [5.41, 5.74) is 3.27. The van der Waals surface area contributed by atoms with Crippen molar-refractivity contribution in [2.75, 3.05) is 25.0 Å². The van der Waals surface area contributed by atoms with Gasteiger partial charge in [-0.2, -0.15) is 0 Å². The van der Waals surface area contributed by atoms with Gasteiger partial charge in [0, 0.05) is 31.9 Å². The summed E-state index contributed by atoms with van der Waals surface area (Å²) in [6, 6.07) is 12.8. The van der Waals surface area contributed by atoms with Gasteiger partial charge in [-0.15, -0.1) is 0 Å². The minimum atomic E-state index is -0.300. The second kappa shape index (κ2) is 9.20. The Morgan fingerprint density at radius 1 is 1.29 bits per heavy atom. The van der Waals surface area contributed by atoms with Crippen molar-refractivity contribution in [2.45, 2.75) is 52.3 Å². The first kappa shape index (κ1) is 20.3. The van der Waals surface area contributed by atoms with Crippen LogP contribution < -0.4 is 4.90 Å². The molecule has 2 heterocycles. The van der Waals surface area contributed by atoms with Crippen LogP contribution in [-0.4, -0.2) is 48.1 Å². The molecule has 0 saturated carbocycles. The molecule has 1 atom stereocenters. The number of ether oxygens (including phenoxy) is 1. The monoisotopic (exact) mass is 381 g/mol. The maximum absolute atomic E-state index is 12.5. The molecule has 1 aliphatic heterocycles. The van der Waals surface area contributed by atoms with E-state index in [1.807, 2.05) is 13.8 Å². The highest BCUT2D eigenvalue weighted by Gasteiger charge is 2.29. The first-order chi connectivity index (χ1) is 13.5. The molecule has 0 amide bonds. The number of carbonyl (C=O) groups excluding carboxylic acids is 1. The highest BCUT2D eigenvalue weighted by atomic mass is 16.5. The fourth-order valence-corrected chi connectivity index (χ4v) is 3.74. The molecule has 3 rings (SSSR count). The van der Waals surface area contributed by atoms with Crippen molar-refractivity contribution >= 4 is 11.8 Å². The Kier molecular flexibility index (Phi) is 6.68. The van der Waals surface area contributed by atoms with Crippen LogP contribution in [0.1, 0.15) is 48.7 Å². The Balaban J connectivity index is 1.67. The lowest BCUT2D eigenvalue weighted by Crippen LogP contribution is -2.34. The zero-order valence-electron chi connectivity index (χ0n) is 17.4. The van der Waals surface area contributed by atoms with E-state index in [9.17, 15) is 4.79 Å². The van der Waals surface area contributed by atoms with Gasteiger partial charge >= 0.3 is 5.97 Å². The summed E-state index contributed by atoms with van der Waals surface area (Å²) in [5, 5.41) is 0. The third-order valence-corrected chi connectivity index (χ3v) is 5.27. The number of nitrogens with zero attached hydrogens (tertiary/aromatic N) is 3. The number of carbonyl (C=O) groups is 1. The van der Waals surface area contributed by atoms with Gasteiger partial charge in [0.15, 0.2) is 0 Å². The Bertz CT molecular complexity index is 806. The molecule has 1 aromatic heterocycles. The predicted octanol–water partition coefficient (Wildman–Crippen LogP) is 3.92. The first-order valence-corrected chi connectivity index (χ1v) is 10.2. The standard InChI is InChI=1S/C23H31N3O2/c1-5-18-8-6-9-19(14-18)15-25(4)20-11-13-26(16-20)22-21(10-7-12-24-22)23(27)28-17(2)3/h6-10,12,14,17,20H,5,11,13,15-16H2,1-4H3. The topological polar surface area (TPSA) is 45.7 Å². The molecule has 1 unspecified atom stereocenters. The van der Waals surface area contributed by atoms with Crippen LogP contribution in [0.2, 0.25) is 0 Å². The van der Waals surface area contributed by atoms with E-state index in [2.05, 4.69) is 53.0 Å². The van der Waals surface area contributed by atoms with E-state index < -0.39 is 0 Å². The molecule has 0 N–H and O–H groups in total. The molecule has 0 spiro atoms. The molecule has 1 aromatic carbocycles. The average molecular weight is 382 g/mol. The predicted molar refractivity (Wildman–Crippen MR) is 113 cm³/mol. The summed E-state index contributed by atoms with van der Waals surface area (Å²) < 4.78 is 5.40. The van der Waals surface area contributed by atoms with E-state index in [-0.39, 0.29) is 12.1 Å². The molecule has 28 heavy (non-hydrogen) atoms. The van der Waals surface area contributed by atoms with Crippen molar-refractivity contribution < 1.29 is 9.53 Å². The Morgan fingerprint density at radius 2 is 2.07 bits per heavy atom. The molecule has 5 heteroatoms. The number of rotatable bonds is 7. The van der Waals surface area contributed by atoms with Gasteiger partial charge in [-0.05, 0) is 57.0 Å². The van der Waals surface area contributed by atoms with Crippen LogP contribution in [0, 0.1) is 0 Å². The Hall–Kier alpha value is -2.40. The molecule has 1 fully saturated rings. The van der Waals surface area contributed by atoms with E-state index in [1.165, 1.54) is 11.1 Å². The summed E-state index contributed by atoms with van der Waals surface area (Å²) in [4.78, 5) is 21.6. The molecule has 0 aliphatic carbocycles. The van der Waals surface area contributed by atoms with Crippen LogP contribution in [0.4, 0.5) is 5.82 Å². The number of hydrogen-bond acceptors (Lipinski definition) is 5. The van der Waals surface area contributed by atoms with Crippen LogP contribution in [-0.2, 0) is 17.7 Å². The van der Waals surface area contributed by atoms with Gasteiger partial charge in [0.2, 0.25) is 0 Å². The quantitative estimate of drug-likeness (QED) is 0.680. The Morgan fingerprint density at radius 3 is 2.82 bits per heavy atom. The molecule has 1 aliphatic rings. The lowest BCUT2D eigenvalue weighted by atomic mass is 10.1. The number of pyridine rings is 1. The number of esters is 1. The molecular weight excluding hydrogens is 350 g/mol. The van der Waals surface area contributed by atoms with Crippen molar-refractivity contribution in [3.63, 3.8) is 0 Å². The van der Waals surface area contributed by atoms with Gasteiger partial charge in [-0.3, -0.25) is 4.90 Å². The average Bonchev–Trinajstić information content (AvgIpc) is 3.18. The molecule has 0 bridgehead atoms. The highest BCUT2D eigenvalue weighted by molar-refractivity contribution is 5.94. The number of likely N-dealkylation sites (N-methyl/N-ethyl adjacent to an activating group) is 1. The highest BCUT2D eigenvalue weighted by Crippen LogP contribution is 2.25. The van der Waals surface area contributed by atoms with Gasteiger partial charge in [-0.25, -0.2) is 9.78 Å². The summed E-state index contributed by atoms with van der Waals surface area (Å²) in [5.74, 6) is 0.434. The molecule has 1 saturated heterocycles. The fourth-order valence-electron chi connectivity index (χ4n) is 3.74. The number of benzene rings is 1. The lowest BCUT2D eigenvalue weighted by molar-refractivity contribution is 0.0378. The van der Waals surface area contributed by atoms with E-state index in [4.69, 9.17) is 4.74 Å². The lowest BCUT2D eigenvalue weighted by Gasteiger charge is -2.26. The van der Waals surface area contributed by atoms with Crippen molar-refractivity contribution in [3.05, 3.63) is 59.3 Å². The number of aromatic nitrogens is 1. The van der Waals surface area contributed by atoms with E-state index in [0.717, 1.165) is 38.3 Å². The molecule has 2 aromatic rings. The van der Waals surface area contributed by atoms with Crippen LogP contribution >= 0.6 is 0 Å². The third-order valence-electron chi connectivity index (χ3n) is 5.27.